The van der Waals surface area contributed by atoms with E-state index in [1.807, 2.05) is 0 Å². The molecule has 1 aromatic heterocycles. The molecule has 0 amide bonds. The molecule has 0 saturated heterocycles. The number of carboxylic acid groups (broad SMARTS) is 1. The topological polar surface area (TPSA) is 111 Å². The van der Waals surface area contributed by atoms with Gasteiger partial charge in [0, 0.05) is 18.1 Å². The maximum absolute atomic E-state index is 13.9. The normalized spacial score (nSPS) is 14.1. The molecule has 21 heavy (non-hydrogen) atoms. The lowest BCUT2D eigenvalue weighted by atomic mass is 10.2. The lowest BCUT2D eigenvalue weighted by Crippen LogP contribution is -2.07. The van der Waals surface area contributed by atoms with Crippen molar-refractivity contribution < 1.29 is 19.2 Å². The van der Waals surface area contributed by atoms with Gasteiger partial charge in [-0.2, -0.15) is 0 Å². The standard InChI is InChI=1S/C12H9FN4O4/c13-8-4-3-7(17(20)21)5-9(8)16-11(6-1-2-6)10(12(18)19)14-15-16/h3-6H,1-2H2,(H,18,19). The molecule has 0 bridgehead atoms. The van der Waals surface area contributed by atoms with Crippen molar-refractivity contribution in [2.24, 2.45) is 0 Å². The van der Waals surface area contributed by atoms with Gasteiger partial charge in [0.25, 0.3) is 5.69 Å². The molecule has 2 aromatic rings. The van der Waals surface area contributed by atoms with Gasteiger partial charge in [-0.3, -0.25) is 10.1 Å². The lowest BCUT2D eigenvalue weighted by Gasteiger charge is -2.07. The maximum Gasteiger partial charge on any atom is 0.358 e. The molecule has 1 saturated carbocycles. The van der Waals surface area contributed by atoms with Crippen molar-refractivity contribution >= 4 is 11.7 Å². The van der Waals surface area contributed by atoms with Crippen LogP contribution >= 0.6 is 0 Å². The van der Waals surface area contributed by atoms with E-state index in [0.29, 0.717) is 0 Å². The summed E-state index contributed by atoms with van der Waals surface area (Å²) in [5.41, 5.74) is -0.447. The number of halogens is 1. The molecule has 9 heteroatoms. The molecule has 0 aliphatic heterocycles. The van der Waals surface area contributed by atoms with E-state index in [4.69, 9.17) is 5.11 Å². The first-order valence-corrected chi connectivity index (χ1v) is 6.12. The molecule has 0 radical (unpaired) electrons. The van der Waals surface area contributed by atoms with E-state index in [1.54, 1.807) is 0 Å². The highest BCUT2D eigenvalue weighted by molar-refractivity contribution is 5.87. The molecule has 0 unspecified atom stereocenters. The molecular weight excluding hydrogens is 283 g/mol. The van der Waals surface area contributed by atoms with E-state index >= 15 is 0 Å². The second kappa shape index (κ2) is 4.62. The largest absolute Gasteiger partial charge is 0.476 e. The van der Waals surface area contributed by atoms with E-state index in [1.165, 1.54) is 0 Å². The molecule has 108 valence electrons. The van der Waals surface area contributed by atoms with Crippen LogP contribution in [0.3, 0.4) is 0 Å². The number of nitro benzene ring substituents is 1. The van der Waals surface area contributed by atoms with Crippen LogP contribution in [0.5, 0.6) is 0 Å². The molecule has 1 fully saturated rings. The van der Waals surface area contributed by atoms with E-state index < -0.39 is 16.7 Å². The average molecular weight is 292 g/mol. The van der Waals surface area contributed by atoms with Gasteiger partial charge in [-0.25, -0.2) is 13.9 Å². The Kier molecular flexibility index (Phi) is 2.89. The van der Waals surface area contributed by atoms with Crippen LogP contribution in [0.15, 0.2) is 18.2 Å². The molecule has 1 heterocycles. The van der Waals surface area contributed by atoms with Gasteiger partial charge < -0.3 is 5.11 Å². The fourth-order valence-corrected chi connectivity index (χ4v) is 2.12. The summed E-state index contributed by atoms with van der Waals surface area (Å²) in [6, 6.07) is 3.00. The second-order valence-electron chi connectivity index (χ2n) is 4.71. The minimum absolute atomic E-state index is 0.0650. The third-order valence-electron chi connectivity index (χ3n) is 3.24. The highest BCUT2D eigenvalue weighted by atomic mass is 19.1. The number of rotatable bonds is 4. The van der Waals surface area contributed by atoms with Crippen molar-refractivity contribution in [1.29, 1.82) is 0 Å². The lowest BCUT2D eigenvalue weighted by molar-refractivity contribution is -0.384. The average Bonchev–Trinajstić information content (AvgIpc) is 3.17. The van der Waals surface area contributed by atoms with Gasteiger partial charge in [-0.1, -0.05) is 5.21 Å². The monoisotopic (exact) mass is 292 g/mol. The van der Waals surface area contributed by atoms with E-state index in [0.717, 1.165) is 35.7 Å². The molecule has 1 aliphatic rings. The summed E-state index contributed by atoms with van der Waals surface area (Å²) in [4.78, 5) is 21.3. The summed E-state index contributed by atoms with van der Waals surface area (Å²) >= 11 is 0. The highest BCUT2D eigenvalue weighted by Gasteiger charge is 2.35. The highest BCUT2D eigenvalue weighted by Crippen LogP contribution is 2.42. The Morgan fingerprint density at radius 1 is 1.48 bits per heavy atom. The van der Waals surface area contributed by atoms with Crippen molar-refractivity contribution in [3.8, 4) is 5.69 Å². The Morgan fingerprint density at radius 2 is 2.19 bits per heavy atom. The zero-order chi connectivity index (χ0) is 15.1. The Hall–Kier alpha value is -2.84. The van der Waals surface area contributed by atoms with Crippen LogP contribution in [0.2, 0.25) is 0 Å². The van der Waals surface area contributed by atoms with E-state index in [-0.39, 0.29) is 28.7 Å². The van der Waals surface area contributed by atoms with Crippen LogP contribution in [-0.4, -0.2) is 31.0 Å². The van der Waals surface area contributed by atoms with Gasteiger partial charge in [0.15, 0.2) is 5.69 Å². The number of carbonyl (C=O) groups is 1. The van der Waals surface area contributed by atoms with Crippen LogP contribution in [0, 0.1) is 15.9 Å². The fraction of sp³-hybridized carbons (Fsp3) is 0.250. The third-order valence-corrected chi connectivity index (χ3v) is 3.24. The van der Waals surface area contributed by atoms with Crippen LogP contribution in [0.1, 0.15) is 34.9 Å². The predicted octanol–water partition coefficient (Wildman–Crippen LogP) is 1.89. The van der Waals surface area contributed by atoms with Gasteiger partial charge in [0.1, 0.15) is 11.5 Å². The van der Waals surface area contributed by atoms with Gasteiger partial charge in [0.2, 0.25) is 0 Å². The second-order valence-corrected chi connectivity index (χ2v) is 4.71. The molecule has 1 aromatic carbocycles. The van der Waals surface area contributed by atoms with E-state index in [9.17, 15) is 19.3 Å². The number of hydrogen-bond donors (Lipinski definition) is 1. The summed E-state index contributed by atoms with van der Waals surface area (Å²) < 4.78 is 15.0. The van der Waals surface area contributed by atoms with Crippen LogP contribution in [-0.2, 0) is 0 Å². The summed E-state index contributed by atoms with van der Waals surface area (Å²) in [5, 5.41) is 27.1. The minimum atomic E-state index is -1.26. The number of nitro groups is 1. The quantitative estimate of drug-likeness (QED) is 0.680. The van der Waals surface area contributed by atoms with Gasteiger partial charge in [0.05, 0.1) is 10.6 Å². The first-order valence-electron chi connectivity index (χ1n) is 6.12. The SMILES string of the molecule is O=C(O)c1nnn(-c2cc([N+](=O)[O-])ccc2F)c1C1CC1. The molecular formula is C12H9FN4O4. The number of aromatic carboxylic acids is 1. The first-order chi connectivity index (χ1) is 9.99. The Bertz CT molecular complexity index is 754. The summed E-state index contributed by atoms with van der Waals surface area (Å²) in [5.74, 6) is -2.05. The number of aromatic nitrogens is 3. The first kappa shape index (κ1) is 13.2. The number of benzene rings is 1. The fourth-order valence-electron chi connectivity index (χ4n) is 2.12. The van der Waals surface area contributed by atoms with Gasteiger partial charge in [-0.15, -0.1) is 5.10 Å². The number of carboxylic acids is 1. The smallest absolute Gasteiger partial charge is 0.358 e. The minimum Gasteiger partial charge on any atom is -0.476 e. The third kappa shape index (κ3) is 2.22. The molecule has 1 aliphatic carbocycles. The Labute approximate surface area is 117 Å². The van der Waals surface area contributed by atoms with Gasteiger partial charge >= 0.3 is 5.97 Å². The molecule has 8 nitrogen and oxygen atoms in total. The molecule has 0 atom stereocenters. The molecule has 0 spiro atoms. The van der Waals surface area contributed by atoms with Crippen LogP contribution < -0.4 is 0 Å². The zero-order valence-corrected chi connectivity index (χ0v) is 10.6. The zero-order valence-electron chi connectivity index (χ0n) is 10.6. The molecule has 3 rings (SSSR count). The number of non-ortho nitro benzene ring substituents is 1. The van der Waals surface area contributed by atoms with Crippen molar-refractivity contribution in [2.75, 3.05) is 0 Å². The van der Waals surface area contributed by atoms with Gasteiger partial charge in [-0.05, 0) is 18.9 Å². The van der Waals surface area contributed by atoms with Crippen molar-refractivity contribution in [1.82, 2.24) is 15.0 Å². The Morgan fingerprint density at radius 3 is 2.76 bits per heavy atom. The Balaban J connectivity index is 2.19. The number of nitrogens with zero attached hydrogens (tertiary/aromatic N) is 4. The maximum atomic E-state index is 13.9. The van der Waals surface area contributed by atoms with Crippen molar-refractivity contribution in [3.05, 3.63) is 45.5 Å². The van der Waals surface area contributed by atoms with E-state index in [2.05, 4.69) is 10.3 Å². The number of hydrogen-bond acceptors (Lipinski definition) is 5. The van der Waals surface area contributed by atoms with Crippen LogP contribution in [0.25, 0.3) is 5.69 Å². The summed E-state index contributed by atoms with van der Waals surface area (Å²) in [7, 11) is 0. The summed E-state index contributed by atoms with van der Waals surface area (Å²) in [6.45, 7) is 0. The van der Waals surface area contributed by atoms with Crippen molar-refractivity contribution in [3.63, 3.8) is 0 Å². The van der Waals surface area contributed by atoms with Crippen LogP contribution in [0.4, 0.5) is 10.1 Å². The summed E-state index contributed by atoms with van der Waals surface area (Å²) in [6.07, 6.45) is 1.51. The van der Waals surface area contributed by atoms with Crippen molar-refractivity contribution in [2.45, 2.75) is 18.8 Å². The predicted molar refractivity (Wildman–Crippen MR) is 66.9 cm³/mol. The molecule has 1 N–H and O–H groups in total.